The summed E-state index contributed by atoms with van der Waals surface area (Å²) in [5.41, 5.74) is 8.54. The Morgan fingerprint density at radius 3 is 3.20 bits per heavy atom. The van der Waals surface area contributed by atoms with Crippen LogP contribution in [0.25, 0.3) is 0 Å². The zero-order chi connectivity index (χ0) is 10.4. The topological polar surface area (TPSA) is 58.4 Å². The van der Waals surface area contributed by atoms with Crippen LogP contribution in [0.3, 0.4) is 0 Å². The molecule has 2 heterocycles. The zero-order valence-electron chi connectivity index (χ0n) is 8.36. The molecular weight excluding hydrogens is 190 g/mol. The Kier molecular flexibility index (Phi) is 1.65. The predicted octanol–water partition coefficient (Wildman–Crippen LogP) is 1.19. The molecule has 2 aliphatic rings. The van der Waals surface area contributed by atoms with Crippen molar-refractivity contribution in [1.82, 2.24) is 0 Å². The van der Waals surface area contributed by atoms with Gasteiger partial charge in [0.15, 0.2) is 0 Å². The molecule has 0 saturated carbocycles. The summed E-state index contributed by atoms with van der Waals surface area (Å²) in [6, 6.07) is 5.64. The largest absolute Gasteiger partial charge is 0.397 e. The summed E-state index contributed by atoms with van der Waals surface area (Å²) in [4.78, 5) is 13.9. The van der Waals surface area contributed by atoms with E-state index in [0.717, 1.165) is 36.4 Å². The van der Waals surface area contributed by atoms with E-state index in [1.807, 2.05) is 18.2 Å². The Morgan fingerprint density at radius 1 is 1.47 bits per heavy atom. The van der Waals surface area contributed by atoms with Gasteiger partial charge in [0.1, 0.15) is 6.04 Å². The number of anilines is 3. The van der Waals surface area contributed by atoms with Gasteiger partial charge in [-0.1, -0.05) is 6.07 Å². The maximum absolute atomic E-state index is 11.8. The Labute approximate surface area is 88.1 Å². The average Bonchev–Trinajstić information content (AvgIpc) is 2.66. The first kappa shape index (κ1) is 8.59. The molecule has 1 atom stereocenters. The molecular formula is C11H13N3O. The molecule has 0 radical (unpaired) electrons. The van der Waals surface area contributed by atoms with Gasteiger partial charge in [0, 0.05) is 6.54 Å². The first-order valence-electron chi connectivity index (χ1n) is 5.23. The van der Waals surface area contributed by atoms with Crippen molar-refractivity contribution < 1.29 is 4.79 Å². The van der Waals surface area contributed by atoms with E-state index in [9.17, 15) is 4.79 Å². The molecule has 3 N–H and O–H groups in total. The molecule has 0 aliphatic carbocycles. The van der Waals surface area contributed by atoms with Crippen LogP contribution in [-0.4, -0.2) is 18.5 Å². The lowest BCUT2D eigenvalue weighted by Gasteiger charge is -2.33. The maximum atomic E-state index is 11.8. The normalized spacial score (nSPS) is 23.3. The number of nitrogens with zero attached hydrogens (tertiary/aromatic N) is 1. The van der Waals surface area contributed by atoms with E-state index in [0.29, 0.717) is 0 Å². The van der Waals surface area contributed by atoms with Crippen LogP contribution in [0.1, 0.15) is 12.8 Å². The molecule has 0 spiro atoms. The van der Waals surface area contributed by atoms with Crippen molar-refractivity contribution in [3.63, 3.8) is 0 Å². The number of nitrogens with one attached hydrogen (secondary N) is 1. The summed E-state index contributed by atoms with van der Waals surface area (Å²) in [7, 11) is 0. The lowest BCUT2D eigenvalue weighted by Crippen LogP contribution is -2.44. The molecule has 1 aromatic rings. The monoisotopic (exact) mass is 203 g/mol. The first-order valence-corrected chi connectivity index (χ1v) is 5.23. The summed E-state index contributed by atoms with van der Waals surface area (Å²) in [6.45, 7) is 0.930. The van der Waals surface area contributed by atoms with E-state index in [-0.39, 0.29) is 11.9 Å². The van der Waals surface area contributed by atoms with Gasteiger partial charge in [-0.2, -0.15) is 0 Å². The molecule has 1 aromatic carbocycles. The Bertz CT molecular complexity index is 430. The molecule has 0 bridgehead atoms. The fourth-order valence-corrected chi connectivity index (χ4v) is 2.51. The Morgan fingerprint density at radius 2 is 2.33 bits per heavy atom. The number of hydrogen-bond acceptors (Lipinski definition) is 3. The van der Waals surface area contributed by atoms with Gasteiger partial charge in [-0.3, -0.25) is 4.79 Å². The first-order chi connectivity index (χ1) is 7.27. The molecule has 1 saturated heterocycles. The van der Waals surface area contributed by atoms with Crippen molar-refractivity contribution in [3.05, 3.63) is 18.2 Å². The van der Waals surface area contributed by atoms with Gasteiger partial charge in [0.25, 0.3) is 0 Å². The van der Waals surface area contributed by atoms with Crippen molar-refractivity contribution in [2.75, 3.05) is 22.5 Å². The minimum atomic E-state index is -0.0119. The fourth-order valence-electron chi connectivity index (χ4n) is 2.51. The lowest BCUT2D eigenvalue weighted by atomic mass is 10.1. The van der Waals surface area contributed by atoms with Gasteiger partial charge in [-0.25, -0.2) is 0 Å². The molecule has 2 aliphatic heterocycles. The van der Waals surface area contributed by atoms with Crippen LogP contribution < -0.4 is 16.0 Å². The number of nitrogen functional groups attached to an aromatic ring is 1. The van der Waals surface area contributed by atoms with E-state index in [1.54, 1.807) is 0 Å². The van der Waals surface area contributed by atoms with E-state index >= 15 is 0 Å². The van der Waals surface area contributed by atoms with Crippen molar-refractivity contribution >= 4 is 23.0 Å². The molecule has 4 nitrogen and oxygen atoms in total. The quantitative estimate of drug-likeness (QED) is 0.623. The highest BCUT2D eigenvalue weighted by molar-refractivity contribution is 6.06. The smallest absolute Gasteiger partial charge is 0.247 e. The third-order valence-electron chi connectivity index (χ3n) is 3.17. The molecule has 78 valence electrons. The number of hydrogen-bond donors (Lipinski definition) is 2. The minimum Gasteiger partial charge on any atom is -0.397 e. The SMILES string of the molecule is Nc1cccc2c1N1CCC[C@H]1C(=O)N2. The van der Waals surface area contributed by atoms with E-state index in [4.69, 9.17) is 5.73 Å². The molecule has 3 rings (SSSR count). The Hall–Kier alpha value is -1.71. The molecule has 0 aromatic heterocycles. The number of benzene rings is 1. The number of carbonyl (C=O) groups is 1. The molecule has 0 unspecified atom stereocenters. The second-order valence-corrected chi connectivity index (χ2v) is 4.08. The molecule has 4 heteroatoms. The molecule has 1 fully saturated rings. The Balaban J connectivity index is 2.16. The fraction of sp³-hybridized carbons (Fsp3) is 0.364. The molecule has 15 heavy (non-hydrogen) atoms. The number of fused-ring (bicyclic) bond motifs is 3. The standard InChI is InChI=1S/C11H13N3O/c12-7-3-1-4-8-10(7)14-6-2-5-9(14)11(15)13-8/h1,3-4,9H,2,5-6,12H2,(H,13,15)/t9-/m0/s1. The van der Waals surface area contributed by atoms with Crippen LogP contribution in [0.4, 0.5) is 17.1 Å². The van der Waals surface area contributed by atoms with Crippen LogP contribution in [-0.2, 0) is 4.79 Å². The van der Waals surface area contributed by atoms with Crippen LogP contribution in [0.15, 0.2) is 18.2 Å². The van der Waals surface area contributed by atoms with Gasteiger partial charge < -0.3 is 16.0 Å². The second kappa shape index (κ2) is 2.89. The van der Waals surface area contributed by atoms with Gasteiger partial charge >= 0.3 is 0 Å². The third-order valence-corrected chi connectivity index (χ3v) is 3.17. The molecule has 1 amide bonds. The van der Waals surface area contributed by atoms with Gasteiger partial charge in [-0.05, 0) is 25.0 Å². The summed E-state index contributed by atoms with van der Waals surface area (Å²) in [5, 5.41) is 2.91. The highest BCUT2D eigenvalue weighted by Crippen LogP contribution is 2.40. The summed E-state index contributed by atoms with van der Waals surface area (Å²) >= 11 is 0. The number of amides is 1. The van der Waals surface area contributed by atoms with Crippen LogP contribution in [0.2, 0.25) is 0 Å². The van der Waals surface area contributed by atoms with E-state index in [1.165, 1.54) is 0 Å². The summed E-state index contributed by atoms with van der Waals surface area (Å²) in [5.74, 6) is 0.102. The summed E-state index contributed by atoms with van der Waals surface area (Å²) in [6.07, 6.45) is 1.99. The van der Waals surface area contributed by atoms with E-state index in [2.05, 4.69) is 10.2 Å². The van der Waals surface area contributed by atoms with Crippen LogP contribution in [0, 0.1) is 0 Å². The van der Waals surface area contributed by atoms with Crippen molar-refractivity contribution in [2.45, 2.75) is 18.9 Å². The second-order valence-electron chi connectivity index (χ2n) is 4.08. The number of nitrogens with two attached hydrogens (primary N) is 1. The lowest BCUT2D eigenvalue weighted by molar-refractivity contribution is -0.117. The highest BCUT2D eigenvalue weighted by Gasteiger charge is 2.37. The number of rotatable bonds is 0. The number of carbonyl (C=O) groups excluding carboxylic acids is 1. The predicted molar refractivity (Wildman–Crippen MR) is 59.9 cm³/mol. The number of para-hydroxylation sites is 1. The third kappa shape index (κ3) is 1.11. The van der Waals surface area contributed by atoms with Crippen molar-refractivity contribution in [1.29, 1.82) is 0 Å². The zero-order valence-corrected chi connectivity index (χ0v) is 8.36. The summed E-state index contributed by atoms with van der Waals surface area (Å²) < 4.78 is 0. The van der Waals surface area contributed by atoms with Crippen LogP contribution >= 0.6 is 0 Å². The van der Waals surface area contributed by atoms with Gasteiger partial charge in [0.05, 0.1) is 17.1 Å². The maximum Gasteiger partial charge on any atom is 0.247 e. The van der Waals surface area contributed by atoms with Crippen molar-refractivity contribution in [2.24, 2.45) is 0 Å². The minimum absolute atomic E-state index is 0.0119. The van der Waals surface area contributed by atoms with Gasteiger partial charge in [0.2, 0.25) is 5.91 Å². The van der Waals surface area contributed by atoms with E-state index < -0.39 is 0 Å². The van der Waals surface area contributed by atoms with Crippen LogP contribution in [0.5, 0.6) is 0 Å². The van der Waals surface area contributed by atoms with Gasteiger partial charge in [-0.15, -0.1) is 0 Å². The van der Waals surface area contributed by atoms with Crippen molar-refractivity contribution in [3.8, 4) is 0 Å². The highest BCUT2D eigenvalue weighted by atomic mass is 16.2. The average molecular weight is 203 g/mol.